The van der Waals surface area contributed by atoms with Crippen LogP contribution in [-0.2, 0) is 14.8 Å². The summed E-state index contributed by atoms with van der Waals surface area (Å²) < 4.78 is 27.4. The molecule has 1 aliphatic rings. The molecule has 0 aliphatic carbocycles. The molecule has 1 heterocycles. The summed E-state index contributed by atoms with van der Waals surface area (Å²) in [5.74, 6) is -0.418. The average molecular weight is 415 g/mol. The van der Waals surface area contributed by atoms with Crippen molar-refractivity contribution in [3.8, 4) is 0 Å². The molecule has 1 saturated heterocycles. The molecule has 0 saturated carbocycles. The Morgan fingerprint density at radius 2 is 1.72 bits per heavy atom. The van der Waals surface area contributed by atoms with Gasteiger partial charge in [-0.15, -0.1) is 0 Å². The van der Waals surface area contributed by atoms with Crippen molar-refractivity contribution in [2.24, 2.45) is 5.92 Å². The summed E-state index contributed by atoms with van der Waals surface area (Å²) in [4.78, 5) is 13.2. The van der Waals surface area contributed by atoms with E-state index in [-0.39, 0.29) is 29.3 Å². The van der Waals surface area contributed by atoms with Crippen molar-refractivity contribution in [3.63, 3.8) is 0 Å². The summed E-state index contributed by atoms with van der Waals surface area (Å²) in [6, 6.07) is 13.0. The van der Waals surface area contributed by atoms with Gasteiger partial charge in [-0.2, -0.15) is 4.31 Å². The van der Waals surface area contributed by atoms with E-state index >= 15 is 0 Å². The Kier molecular flexibility index (Phi) is 6.44. The lowest BCUT2D eigenvalue weighted by Crippen LogP contribution is -2.45. The predicted octanol–water partition coefficient (Wildman–Crippen LogP) is 3.89. The topological polar surface area (TPSA) is 66.5 Å². The van der Waals surface area contributed by atoms with E-state index in [2.05, 4.69) is 23.5 Å². The fraction of sp³-hybridized carbons (Fsp3) is 0.435. The van der Waals surface area contributed by atoms with Crippen molar-refractivity contribution in [1.29, 1.82) is 0 Å². The molecule has 2 atom stereocenters. The van der Waals surface area contributed by atoms with Gasteiger partial charge >= 0.3 is 0 Å². The van der Waals surface area contributed by atoms with E-state index in [0.29, 0.717) is 19.4 Å². The quantitative estimate of drug-likeness (QED) is 0.807. The Morgan fingerprint density at radius 3 is 2.41 bits per heavy atom. The molecule has 6 heteroatoms. The fourth-order valence-electron chi connectivity index (χ4n) is 3.87. The third kappa shape index (κ3) is 4.87. The minimum absolute atomic E-state index is 0.0813. The van der Waals surface area contributed by atoms with E-state index in [1.165, 1.54) is 4.31 Å². The standard InChI is InChI=1S/C23H30N2O3S/c1-16-8-11-21(12-9-16)29(27,28)25-13-5-6-20(15-25)23(26)24-19(4)22-14-17(2)7-10-18(22)3/h7-12,14,19-20H,5-6,13,15H2,1-4H3,(H,24,26)/t19-,20+/m0/s1. The Morgan fingerprint density at radius 1 is 1.07 bits per heavy atom. The highest BCUT2D eigenvalue weighted by atomic mass is 32.2. The number of nitrogens with one attached hydrogen (secondary N) is 1. The minimum Gasteiger partial charge on any atom is -0.349 e. The molecule has 3 rings (SSSR count). The number of hydrogen-bond acceptors (Lipinski definition) is 3. The third-order valence-corrected chi connectivity index (χ3v) is 7.55. The van der Waals surface area contributed by atoms with Crippen LogP contribution < -0.4 is 5.32 Å². The average Bonchev–Trinajstić information content (AvgIpc) is 2.70. The van der Waals surface area contributed by atoms with Gasteiger partial charge in [-0.1, -0.05) is 41.5 Å². The molecular weight excluding hydrogens is 384 g/mol. The number of nitrogens with zero attached hydrogens (tertiary/aromatic N) is 1. The molecule has 1 fully saturated rings. The van der Waals surface area contributed by atoms with Gasteiger partial charge < -0.3 is 5.32 Å². The van der Waals surface area contributed by atoms with Crippen LogP contribution in [0.5, 0.6) is 0 Å². The molecule has 156 valence electrons. The summed E-state index contributed by atoms with van der Waals surface area (Å²) in [5, 5.41) is 3.09. The number of aryl methyl sites for hydroxylation is 3. The zero-order chi connectivity index (χ0) is 21.2. The number of rotatable bonds is 5. The van der Waals surface area contributed by atoms with Gasteiger partial charge in [0.15, 0.2) is 0 Å². The zero-order valence-electron chi connectivity index (χ0n) is 17.6. The number of amides is 1. The van der Waals surface area contributed by atoms with E-state index in [0.717, 1.165) is 22.3 Å². The van der Waals surface area contributed by atoms with Crippen molar-refractivity contribution in [2.75, 3.05) is 13.1 Å². The fourth-order valence-corrected chi connectivity index (χ4v) is 5.39. The Balaban J connectivity index is 1.70. The highest BCUT2D eigenvalue weighted by Crippen LogP contribution is 2.25. The second-order valence-electron chi connectivity index (χ2n) is 8.11. The number of carbonyl (C=O) groups excluding carboxylic acids is 1. The van der Waals surface area contributed by atoms with Gasteiger partial charge in [0.05, 0.1) is 16.9 Å². The van der Waals surface area contributed by atoms with E-state index in [9.17, 15) is 13.2 Å². The first kappa shape index (κ1) is 21.5. The van der Waals surface area contributed by atoms with Gasteiger partial charge in [0, 0.05) is 13.1 Å². The molecule has 5 nitrogen and oxygen atoms in total. The molecule has 1 N–H and O–H groups in total. The normalized spacial score (nSPS) is 19.0. The first-order chi connectivity index (χ1) is 13.7. The van der Waals surface area contributed by atoms with Crippen molar-refractivity contribution in [2.45, 2.75) is 51.5 Å². The monoisotopic (exact) mass is 414 g/mol. The number of benzene rings is 2. The Labute approximate surface area is 174 Å². The van der Waals surface area contributed by atoms with E-state index in [4.69, 9.17) is 0 Å². The molecule has 0 radical (unpaired) electrons. The first-order valence-corrected chi connectivity index (χ1v) is 11.6. The number of carbonyl (C=O) groups is 1. The Hall–Kier alpha value is -2.18. The van der Waals surface area contributed by atoms with Crippen LogP contribution in [0.4, 0.5) is 0 Å². The molecule has 2 aromatic rings. The highest BCUT2D eigenvalue weighted by molar-refractivity contribution is 7.89. The summed E-state index contributed by atoms with van der Waals surface area (Å²) in [7, 11) is -3.58. The maximum Gasteiger partial charge on any atom is 0.243 e. The third-order valence-electron chi connectivity index (χ3n) is 5.67. The van der Waals surface area contributed by atoms with Gasteiger partial charge in [0.25, 0.3) is 0 Å². The number of piperidine rings is 1. The molecule has 1 aliphatic heterocycles. The SMILES string of the molecule is Cc1ccc(S(=O)(=O)N2CCC[C@@H](C(=O)N[C@@H](C)c3cc(C)ccc3C)C2)cc1. The van der Waals surface area contributed by atoms with Crippen LogP contribution in [-0.4, -0.2) is 31.7 Å². The highest BCUT2D eigenvalue weighted by Gasteiger charge is 2.33. The largest absolute Gasteiger partial charge is 0.349 e. The van der Waals surface area contributed by atoms with Crippen LogP contribution in [0.15, 0.2) is 47.4 Å². The molecule has 0 bridgehead atoms. The molecule has 0 spiro atoms. The second-order valence-corrected chi connectivity index (χ2v) is 10.0. The lowest BCUT2D eigenvalue weighted by Gasteiger charge is -2.32. The van der Waals surface area contributed by atoms with Gasteiger partial charge in [0.1, 0.15) is 0 Å². The van der Waals surface area contributed by atoms with Crippen LogP contribution in [0, 0.1) is 26.7 Å². The second kappa shape index (κ2) is 8.67. The van der Waals surface area contributed by atoms with E-state index < -0.39 is 10.0 Å². The van der Waals surface area contributed by atoms with Crippen molar-refractivity contribution >= 4 is 15.9 Å². The van der Waals surface area contributed by atoms with Crippen molar-refractivity contribution < 1.29 is 13.2 Å². The van der Waals surface area contributed by atoms with Crippen LogP contribution in [0.3, 0.4) is 0 Å². The van der Waals surface area contributed by atoms with Crippen LogP contribution >= 0.6 is 0 Å². The van der Waals surface area contributed by atoms with Crippen LogP contribution in [0.25, 0.3) is 0 Å². The van der Waals surface area contributed by atoms with Crippen LogP contribution in [0.2, 0.25) is 0 Å². The minimum atomic E-state index is -3.58. The molecular formula is C23H30N2O3S. The van der Waals surface area contributed by atoms with E-state index in [1.54, 1.807) is 24.3 Å². The predicted molar refractivity (Wildman–Crippen MR) is 115 cm³/mol. The molecule has 29 heavy (non-hydrogen) atoms. The summed E-state index contributed by atoms with van der Waals surface area (Å²) >= 11 is 0. The van der Waals surface area contributed by atoms with Crippen molar-refractivity contribution in [1.82, 2.24) is 9.62 Å². The number of hydrogen-bond donors (Lipinski definition) is 1. The maximum atomic E-state index is 13.0. The van der Waals surface area contributed by atoms with Gasteiger partial charge in [-0.05, 0) is 63.8 Å². The Bertz CT molecular complexity index is 984. The summed E-state index contributed by atoms with van der Waals surface area (Å²) in [6.07, 6.45) is 1.38. The lowest BCUT2D eigenvalue weighted by molar-refractivity contribution is -0.126. The van der Waals surface area contributed by atoms with Gasteiger partial charge in [-0.25, -0.2) is 8.42 Å². The summed E-state index contributed by atoms with van der Waals surface area (Å²) in [5.41, 5.74) is 4.40. The van der Waals surface area contributed by atoms with E-state index in [1.807, 2.05) is 27.7 Å². The number of sulfonamides is 1. The van der Waals surface area contributed by atoms with Crippen LogP contribution in [0.1, 0.15) is 48.1 Å². The zero-order valence-corrected chi connectivity index (χ0v) is 18.4. The van der Waals surface area contributed by atoms with Crippen molar-refractivity contribution in [3.05, 3.63) is 64.7 Å². The summed E-state index contributed by atoms with van der Waals surface area (Å²) in [6.45, 7) is 8.65. The maximum absolute atomic E-state index is 13.0. The smallest absolute Gasteiger partial charge is 0.243 e. The molecule has 0 unspecified atom stereocenters. The first-order valence-electron chi connectivity index (χ1n) is 10.1. The lowest BCUT2D eigenvalue weighted by atomic mass is 9.96. The van der Waals surface area contributed by atoms with Gasteiger partial charge in [-0.3, -0.25) is 4.79 Å². The van der Waals surface area contributed by atoms with Gasteiger partial charge in [0.2, 0.25) is 15.9 Å². The molecule has 2 aromatic carbocycles. The molecule has 0 aromatic heterocycles. The molecule has 1 amide bonds.